The smallest absolute Gasteiger partial charge is 0.0372 e. The van der Waals surface area contributed by atoms with E-state index in [1.807, 2.05) is 6.08 Å². The molecule has 0 aliphatic carbocycles. The molecule has 3 rings (SSSR count). The van der Waals surface area contributed by atoms with Gasteiger partial charge in [-0.15, -0.1) is 6.58 Å². The molecule has 2 heteroatoms. The second kappa shape index (κ2) is 17.1. The average molecular weight is 571 g/mol. The van der Waals surface area contributed by atoms with Crippen molar-refractivity contribution in [2.45, 2.75) is 119 Å². The molecule has 1 aliphatic rings. The van der Waals surface area contributed by atoms with Gasteiger partial charge in [0.2, 0.25) is 0 Å². The third kappa shape index (κ3) is 11.1. The minimum atomic E-state index is 0.341. The van der Waals surface area contributed by atoms with E-state index in [1.165, 1.54) is 105 Å². The molecule has 0 spiro atoms. The van der Waals surface area contributed by atoms with Crippen molar-refractivity contribution >= 4 is 17.3 Å². The second-order valence-corrected chi connectivity index (χ2v) is 14.1. The molecule has 2 nitrogen and oxygen atoms in total. The van der Waals surface area contributed by atoms with Crippen molar-refractivity contribution in [2.75, 3.05) is 31.1 Å². The number of piperidine rings is 1. The Morgan fingerprint density at radius 2 is 1.76 bits per heavy atom. The van der Waals surface area contributed by atoms with Gasteiger partial charge in [0.15, 0.2) is 0 Å². The molecule has 2 aromatic carbocycles. The predicted octanol–water partition coefficient (Wildman–Crippen LogP) is 11.0. The maximum Gasteiger partial charge on any atom is 0.0372 e. The number of unbranched alkanes of at least 4 members (excludes halogenated alkanes) is 3. The number of nitrogens with zero attached hydrogens (tertiary/aromatic N) is 2. The Morgan fingerprint density at radius 3 is 2.45 bits per heavy atom. The Morgan fingerprint density at radius 1 is 1.02 bits per heavy atom. The Kier molecular flexibility index (Phi) is 13.9. The van der Waals surface area contributed by atoms with Gasteiger partial charge in [0.05, 0.1) is 0 Å². The molecule has 0 radical (unpaired) electrons. The average Bonchev–Trinajstić information content (AvgIpc) is 2.98. The maximum absolute atomic E-state index is 3.89. The molecule has 0 bridgehead atoms. The van der Waals surface area contributed by atoms with Gasteiger partial charge < -0.3 is 9.80 Å². The van der Waals surface area contributed by atoms with Crippen LogP contribution in [-0.4, -0.2) is 37.1 Å². The lowest BCUT2D eigenvalue weighted by molar-refractivity contribution is 0.220. The first-order chi connectivity index (χ1) is 20.1. The summed E-state index contributed by atoms with van der Waals surface area (Å²) < 4.78 is 0. The summed E-state index contributed by atoms with van der Waals surface area (Å²) in [4.78, 5) is 5.23. The largest absolute Gasteiger partial charge is 0.371 e. The van der Waals surface area contributed by atoms with Crippen molar-refractivity contribution in [1.82, 2.24) is 4.90 Å². The monoisotopic (exact) mass is 570 g/mol. The van der Waals surface area contributed by atoms with Crippen molar-refractivity contribution in [3.05, 3.63) is 77.4 Å². The lowest BCUT2D eigenvalue weighted by Gasteiger charge is -2.34. The van der Waals surface area contributed by atoms with E-state index in [1.54, 1.807) is 0 Å². The van der Waals surface area contributed by atoms with Gasteiger partial charge in [0, 0.05) is 31.4 Å². The highest BCUT2D eigenvalue weighted by Gasteiger charge is 2.20. The summed E-state index contributed by atoms with van der Waals surface area (Å²) in [6.45, 7) is 24.9. The van der Waals surface area contributed by atoms with Crippen LogP contribution in [0.15, 0.2) is 55.1 Å². The Balaban J connectivity index is 1.47. The van der Waals surface area contributed by atoms with Gasteiger partial charge in [-0.2, -0.15) is 0 Å². The Bertz CT molecular complexity index is 1120. The van der Waals surface area contributed by atoms with Crippen molar-refractivity contribution in [2.24, 2.45) is 11.3 Å². The number of aryl methyl sites for hydroxylation is 1. The van der Waals surface area contributed by atoms with Crippen molar-refractivity contribution in [3.8, 4) is 0 Å². The summed E-state index contributed by atoms with van der Waals surface area (Å²) in [6, 6.07) is 16.9. The van der Waals surface area contributed by atoms with Crippen LogP contribution in [0.3, 0.4) is 0 Å². The lowest BCUT2D eigenvalue weighted by Crippen LogP contribution is -2.33. The number of hydrogen-bond acceptors (Lipinski definition) is 2. The van der Waals surface area contributed by atoms with E-state index in [9.17, 15) is 0 Å². The molecule has 42 heavy (non-hydrogen) atoms. The molecular formula is C40H62N2. The van der Waals surface area contributed by atoms with Crippen LogP contribution in [0, 0.1) is 18.3 Å². The van der Waals surface area contributed by atoms with E-state index in [-0.39, 0.29) is 0 Å². The molecule has 1 aliphatic heterocycles. The molecule has 0 aromatic heterocycles. The Labute approximate surface area is 260 Å². The highest BCUT2D eigenvalue weighted by molar-refractivity contribution is 5.82. The predicted molar refractivity (Wildman–Crippen MR) is 188 cm³/mol. The standard InChI is InChI=1S/C40H62N2/c1-9-11-24-41(32(3)4)25-15-13-12-14-17-35-22-26-42(27-23-35)39-19-16-18-37(30-39)34(6)28-38-29-36(21-20-33(38)5)31-40(7,8)10-2/h9,16,18-21,28-30,32,35H,1,10-15,17,22-27,31H2,2-8H3/b34-28+. The molecule has 0 amide bonds. The van der Waals surface area contributed by atoms with Gasteiger partial charge in [-0.05, 0) is 118 Å². The molecule has 1 saturated heterocycles. The highest BCUT2D eigenvalue weighted by Crippen LogP contribution is 2.31. The molecule has 0 saturated carbocycles. The summed E-state index contributed by atoms with van der Waals surface area (Å²) >= 11 is 0. The zero-order valence-corrected chi connectivity index (χ0v) is 28.4. The van der Waals surface area contributed by atoms with Crippen LogP contribution in [0.5, 0.6) is 0 Å². The molecule has 1 fully saturated rings. The third-order valence-electron chi connectivity index (χ3n) is 9.80. The number of hydrogen-bond donors (Lipinski definition) is 0. The van der Waals surface area contributed by atoms with Gasteiger partial charge >= 0.3 is 0 Å². The number of rotatable bonds is 17. The summed E-state index contributed by atoms with van der Waals surface area (Å²) in [5.74, 6) is 0.902. The van der Waals surface area contributed by atoms with Gasteiger partial charge in [-0.1, -0.05) is 95.4 Å². The topological polar surface area (TPSA) is 6.48 Å². The molecule has 1 heterocycles. The van der Waals surface area contributed by atoms with Crippen LogP contribution in [0.4, 0.5) is 5.69 Å². The van der Waals surface area contributed by atoms with Crippen LogP contribution in [0.25, 0.3) is 11.6 Å². The fourth-order valence-corrected chi connectivity index (χ4v) is 6.36. The first kappa shape index (κ1) is 34.2. The second-order valence-electron chi connectivity index (χ2n) is 14.1. The van der Waals surface area contributed by atoms with Crippen LogP contribution in [-0.2, 0) is 6.42 Å². The van der Waals surface area contributed by atoms with Crippen molar-refractivity contribution in [1.29, 1.82) is 0 Å². The van der Waals surface area contributed by atoms with Gasteiger partial charge in [0.1, 0.15) is 0 Å². The molecule has 0 unspecified atom stereocenters. The molecule has 0 atom stereocenters. The summed E-state index contributed by atoms with van der Waals surface area (Å²) in [5.41, 5.74) is 8.57. The highest BCUT2D eigenvalue weighted by atomic mass is 15.1. The van der Waals surface area contributed by atoms with E-state index < -0.39 is 0 Å². The maximum atomic E-state index is 3.89. The normalized spacial score (nSPS) is 15.2. The van der Waals surface area contributed by atoms with Crippen LogP contribution in [0.1, 0.15) is 122 Å². The van der Waals surface area contributed by atoms with Gasteiger partial charge in [-0.3, -0.25) is 0 Å². The van der Waals surface area contributed by atoms with E-state index in [4.69, 9.17) is 0 Å². The molecule has 0 N–H and O–H groups in total. The summed E-state index contributed by atoms with van der Waals surface area (Å²) in [6.07, 6.45) is 17.4. The third-order valence-corrected chi connectivity index (χ3v) is 9.80. The van der Waals surface area contributed by atoms with Crippen LogP contribution < -0.4 is 4.90 Å². The van der Waals surface area contributed by atoms with Crippen LogP contribution >= 0.6 is 0 Å². The van der Waals surface area contributed by atoms with E-state index in [0.29, 0.717) is 11.5 Å². The molecule has 232 valence electrons. The first-order valence-corrected chi connectivity index (χ1v) is 17.1. The summed E-state index contributed by atoms with van der Waals surface area (Å²) in [5, 5.41) is 0. The molecular weight excluding hydrogens is 508 g/mol. The van der Waals surface area contributed by atoms with Crippen molar-refractivity contribution < 1.29 is 0 Å². The first-order valence-electron chi connectivity index (χ1n) is 17.1. The SMILES string of the molecule is C=CCCN(CCCCCCC1CCN(c2cccc(/C(C)=C/c3cc(CC(C)(C)CC)ccc3C)c2)CC1)C(C)C. The summed E-state index contributed by atoms with van der Waals surface area (Å²) in [7, 11) is 0. The minimum Gasteiger partial charge on any atom is -0.371 e. The fourth-order valence-electron chi connectivity index (χ4n) is 6.36. The number of allylic oxidation sites excluding steroid dienone is 1. The fraction of sp³-hybridized carbons (Fsp3) is 0.600. The minimum absolute atomic E-state index is 0.341. The number of benzene rings is 2. The molecule has 2 aromatic rings. The van der Waals surface area contributed by atoms with E-state index >= 15 is 0 Å². The zero-order valence-electron chi connectivity index (χ0n) is 28.4. The van der Waals surface area contributed by atoms with Crippen molar-refractivity contribution in [3.63, 3.8) is 0 Å². The van der Waals surface area contributed by atoms with Gasteiger partial charge in [0.25, 0.3) is 0 Å². The van der Waals surface area contributed by atoms with E-state index in [2.05, 4.69) is 113 Å². The van der Waals surface area contributed by atoms with E-state index in [0.717, 1.165) is 25.3 Å². The van der Waals surface area contributed by atoms with Gasteiger partial charge in [-0.25, -0.2) is 0 Å². The quantitative estimate of drug-likeness (QED) is 0.106. The number of anilines is 1. The Hall–Kier alpha value is -2.32. The lowest BCUT2D eigenvalue weighted by atomic mass is 9.82. The zero-order chi connectivity index (χ0) is 30.5. The van der Waals surface area contributed by atoms with Crippen LogP contribution in [0.2, 0.25) is 0 Å².